The topological polar surface area (TPSA) is 81.7 Å². The third-order valence-corrected chi connectivity index (χ3v) is 4.90. The zero-order valence-electron chi connectivity index (χ0n) is 13.0. The molecule has 1 aromatic carbocycles. The van der Waals surface area contributed by atoms with Crippen LogP contribution < -0.4 is 10.6 Å². The maximum Gasteiger partial charge on any atom is 0.251 e. The molecule has 2 fully saturated rings. The molecular weight excluding hydrogens is 337 g/mol. The van der Waals surface area contributed by atoms with E-state index in [1.54, 1.807) is 0 Å². The largest absolute Gasteiger partial charge is 0.389 e. The normalized spacial score (nSPS) is 27.8. The van der Waals surface area contributed by atoms with E-state index < -0.39 is 23.9 Å². The van der Waals surface area contributed by atoms with E-state index in [9.17, 15) is 19.1 Å². The van der Waals surface area contributed by atoms with E-state index in [4.69, 9.17) is 11.6 Å². The number of nitrogens with one attached hydrogen (secondary N) is 2. The van der Waals surface area contributed by atoms with Gasteiger partial charge in [-0.2, -0.15) is 0 Å². The molecule has 130 valence electrons. The Labute approximate surface area is 144 Å². The number of aliphatic hydroxyl groups is 1. The Morgan fingerprint density at radius 2 is 2.21 bits per heavy atom. The first-order valence-corrected chi connectivity index (χ1v) is 8.28. The molecule has 1 aromatic rings. The minimum atomic E-state index is -0.754. The first kappa shape index (κ1) is 17.1. The zero-order chi connectivity index (χ0) is 17.3. The molecule has 2 amide bonds. The van der Waals surface area contributed by atoms with Crippen molar-refractivity contribution in [2.75, 3.05) is 19.6 Å². The predicted molar refractivity (Wildman–Crippen MR) is 86.3 cm³/mol. The number of hydrogen-bond donors (Lipinski definition) is 3. The summed E-state index contributed by atoms with van der Waals surface area (Å²) in [5, 5.41) is 15.9. The molecule has 24 heavy (non-hydrogen) atoms. The number of piperazine rings is 1. The van der Waals surface area contributed by atoms with E-state index in [0.29, 0.717) is 25.9 Å². The standard InChI is InChI=1S/C16H19ClFN3O3/c17-10-7-9(1-2-11(10)18)16(24)20-12-3-4-13(15(12)23)21-6-5-19-14(22)8-21/h1-2,7,12-13,15,23H,3-6,8H2,(H,19,22)(H,20,24)/t12-,13-,15-/m1/s1. The smallest absolute Gasteiger partial charge is 0.251 e. The van der Waals surface area contributed by atoms with Crippen LogP contribution in [0, 0.1) is 5.82 Å². The first-order valence-electron chi connectivity index (χ1n) is 7.90. The maximum atomic E-state index is 13.2. The van der Waals surface area contributed by atoms with Crippen LogP contribution in [-0.4, -0.2) is 59.6 Å². The van der Waals surface area contributed by atoms with Gasteiger partial charge in [0.05, 0.1) is 23.7 Å². The van der Waals surface area contributed by atoms with E-state index in [-0.39, 0.29) is 29.1 Å². The second-order valence-electron chi connectivity index (χ2n) is 6.16. The molecule has 3 rings (SSSR count). The Balaban J connectivity index is 1.62. The Morgan fingerprint density at radius 1 is 1.42 bits per heavy atom. The van der Waals surface area contributed by atoms with Gasteiger partial charge in [0.2, 0.25) is 5.91 Å². The molecule has 1 saturated heterocycles. The summed E-state index contributed by atoms with van der Waals surface area (Å²) in [5.41, 5.74) is 0.245. The molecule has 2 aliphatic rings. The van der Waals surface area contributed by atoms with Crippen molar-refractivity contribution >= 4 is 23.4 Å². The van der Waals surface area contributed by atoms with E-state index in [1.807, 2.05) is 4.90 Å². The highest BCUT2D eigenvalue weighted by molar-refractivity contribution is 6.31. The molecule has 0 unspecified atom stereocenters. The summed E-state index contributed by atoms with van der Waals surface area (Å²) < 4.78 is 13.2. The molecular formula is C16H19ClFN3O3. The highest BCUT2D eigenvalue weighted by atomic mass is 35.5. The number of nitrogens with zero attached hydrogens (tertiary/aromatic N) is 1. The minimum Gasteiger partial charge on any atom is -0.389 e. The van der Waals surface area contributed by atoms with Gasteiger partial charge >= 0.3 is 0 Å². The minimum absolute atomic E-state index is 0.0538. The fourth-order valence-corrected chi connectivity index (χ4v) is 3.53. The number of carbonyl (C=O) groups excluding carboxylic acids is 2. The van der Waals surface area contributed by atoms with Crippen LogP contribution in [0.25, 0.3) is 0 Å². The second kappa shape index (κ2) is 7.04. The Bertz CT molecular complexity index is 657. The van der Waals surface area contributed by atoms with E-state index >= 15 is 0 Å². The van der Waals surface area contributed by atoms with Crippen LogP contribution in [-0.2, 0) is 4.79 Å². The van der Waals surface area contributed by atoms with Crippen LogP contribution >= 0.6 is 11.6 Å². The zero-order valence-corrected chi connectivity index (χ0v) is 13.7. The third kappa shape index (κ3) is 3.53. The number of benzene rings is 1. The molecule has 0 radical (unpaired) electrons. The second-order valence-corrected chi connectivity index (χ2v) is 6.57. The van der Waals surface area contributed by atoms with Crippen molar-refractivity contribution in [2.45, 2.75) is 31.0 Å². The number of hydrogen-bond acceptors (Lipinski definition) is 4. The molecule has 1 saturated carbocycles. The molecule has 3 atom stereocenters. The van der Waals surface area contributed by atoms with Crippen molar-refractivity contribution in [3.8, 4) is 0 Å². The molecule has 3 N–H and O–H groups in total. The van der Waals surface area contributed by atoms with Crippen LogP contribution in [0.4, 0.5) is 4.39 Å². The van der Waals surface area contributed by atoms with Crippen molar-refractivity contribution in [3.05, 3.63) is 34.6 Å². The number of carbonyl (C=O) groups is 2. The van der Waals surface area contributed by atoms with E-state index in [0.717, 1.165) is 6.07 Å². The molecule has 1 aliphatic carbocycles. The van der Waals surface area contributed by atoms with E-state index in [2.05, 4.69) is 10.6 Å². The average Bonchev–Trinajstić information content (AvgIpc) is 2.91. The van der Waals surface area contributed by atoms with Gasteiger partial charge in [0.15, 0.2) is 0 Å². The van der Waals surface area contributed by atoms with Crippen molar-refractivity contribution in [2.24, 2.45) is 0 Å². The average molecular weight is 356 g/mol. The molecule has 0 bridgehead atoms. The van der Waals surface area contributed by atoms with Crippen LogP contribution in [0.1, 0.15) is 23.2 Å². The van der Waals surface area contributed by atoms with Gasteiger partial charge in [0.1, 0.15) is 5.82 Å². The van der Waals surface area contributed by atoms with Gasteiger partial charge in [0.25, 0.3) is 5.91 Å². The molecule has 6 nitrogen and oxygen atoms in total. The lowest BCUT2D eigenvalue weighted by atomic mass is 10.1. The van der Waals surface area contributed by atoms with Gasteiger partial charge in [-0.05, 0) is 31.0 Å². The monoisotopic (exact) mass is 355 g/mol. The van der Waals surface area contributed by atoms with Gasteiger partial charge in [-0.3, -0.25) is 14.5 Å². The van der Waals surface area contributed by atoms with Crippen molar-refractivity contribution in [1.29, 1.82) is 0 Å². The third-order valence-electron chi connectivity index (χ3n) is 4.62. The van der Waals surface area contributed by atoms with Gasteiger partial charge in [-0.15, -0.1) is 0 Å². The van der Waals surface area contributed by atoms with Crippen molar-refractivity contribution in [1.82, 2.24) is 15.5 Å². The summed E-state index contributed by atoms with van der Waals surface area (Å²) in [6.07, 6.45) is 0.560. The van der Waals surface area contributed by atoms with Crippen LogP contribution in [0.2, 0.25) is 5.02 Å². The molecule has 1 aliphatic heterocycles. The van der Waals surface area contributed by atoms with E-state index in [1.165, 1.54) is 12.1 Å². The van der Waals surface area contributed by atoms with Gasteiger partial charge in [-0.1, -0.05) is 11.6 Å². The Morgan fingerprint density at radius 3 is 2.92 bits per heavy atom. The molecule has 1 heterocycles. The summed E-state index contributed by atoms with van der Waals surface area (Å²) >= 11 is 5.69. The highest BCUT2D eigenvalue weighted by Crippen LogP contribution is 2.26. The van der Waals surface area contributed by atoms with Crippen molar-refractivity contribution < 1.29 is 19.1 Å². The summed E-state index contributed by atoms with van der Waals surface area (Å²) in [6, 6.07) is 3.19. The lowest BCUT2D eigenvalue weighted by Crippen LogP contribution is -2.55. The summed E-state index contributed by atoms with van der Waals surface area (Å²) in [4.78, 5) is 25.7. The molecule has 0 spiro atoms. The first-order chi connectivity index (χ1) is 11.5. The quantitative estimate of drug-likeness (QED) is 0.739. The maximum absolute atomic E-state index is 13.2. The fraction of sp³-hybridized carbons (Fsp3) is 0.500. The summed E-state index contributed by atoms with van der Waals surface area (Å²) in [6.45, 7) is 1.50. The lowest BCUT2D eigenvalue weighted by Gasteiger charge is -2.34. The summed E-state index contributed by atoms with van der Waals surface area (Å²) in [7, 11) is 0. The predicted octanol–water partition coefficient (Wildman–Crippen LogP) is 0.533. The highest BCUT2D eigenvalue weighted by Gasteiger charge is 2.40. The lowest BCUT2D eigenvalue weighted by molar-refractivity contribution is -0.125. The fourth-order valence-electron chi connectivity index (χ4n) is 3.35. The van der Waals surface area contributed by atoms with Gasteiger partial charge in [0, 0.05) is 24.7 Å². The molecule has 0 aromatic heterocycles. The van der Waals surface area contributed by atoms with Gasteiger partial charge < -0.3 is 15.7 Å². The van der Waals surface area contributed by atoms with Crippen LogP contribution in [0.15, 0.2) is 18.2 Å². The van der Waals surface area contributed by atoms with Crippen LogP contribution in [0.5, 0.6) is 0 Å². The van der Waals surface area contributed by atoms with Crippen molar-refractivity contribution in [3.63, 3.8) is 0 Å². The van der Waals surface area contributed by atoms with Crippen LogP contribution in [0.3, 0.4) is 0 Å². The van der Waals surface area contributed by atoms with Gasteiger partial charge in [-0.25, -0.2) is 4.39 Å². The Hall–Kier alpha value is -1.70. The number of aliphatic hydroxyl groups excluding tert-OH is 1. The Kier molecular flexibility index (Phi) is 5.03. The number of amides is 2. The molecule has 8 heteroatoms. The number of rotatable bonds is 3. The SMILES string of the molecule is O=C1CN([C@@H]2CC[C@@H](NC(=O)c3ccc(F)c(Cl)c3)[C@H]2O)CCN1. The summed E-state index contributed by atoms with van der Waals surface area (Å²) in [5.74, 6) is -1.04. The number of halogens is 2.